The van der Waals surface area contributed by atoms with Crippen LogP contribution < -0.4 is 0 Å². The minimum atomic E-state index is -0.827. The van der Waals surface area contributed by atoms with Crippen LogP contribution in [0.1, 0.15) is 19.4 Å². The van der Waals surface area contributed by atoms with Crippen LogP contribution in [0.15, 0.2) is 36.9 Å². The number of rotatable bonds is 6. The molecule has 1 aromatic carbocycles. The number of nitrogens with zero attached hydrogens (tertiary/aromatic N) is 1. The lowest BCUT2D eigenvalue weighted by Gasteiger charge is -2.23. The standard InChI is InChI=1S/C14H17NO4/c1-4-14(3,13(16)19-5-2)10-11-6-8-12(9-7-11)15(17)18/h4,6-9H,1,5,10H2,2-3H3. The normalized spacial score (nSPS) is 13.4. The van der Waals surface area contributed by atoms with Gasteiger partial charge < -0.3 is 4.74 Å². The first kappa shape index (κ1) is 14.9. The highest BCUT2D eigenvalue weighted by molar-refractivity contribution is 5.79. The summed E-state index contributed by atoms with van der Waals surface area (Å²) in [5, 5.41) is 10.6. The Balaban J connectivity index is 2.89. The SMILES string of the molecule is C=CC(C)(Cc1ccc([N+](=O)[O-])cc1)C(=O)OCC. The maximum atomic E-state index is 11.9. The largest absolute Gasteiger partial charge is 0.465 e. The van der Waals surface area contributed by atoms with Gasteiger partial charge in [0.1, 0.15) is 0 Å². The first-order valence-electron chi connectivity index (χ1n) is 5.97. The van der Waals surface area contributed by atoms with Crippen LogP contribution in [0.25, 0.3) is 0 Å². The van der Waals surface area contributed by atoms with Crippen molar-refractivity contribution in [3.05, 3.63) is 52.6 Å². The van der Waals surface area contributed by atoms with E-state index in [1.807, 2.05) is 0 Å². The van der Waals surface area contributed by atoms with Gasteiger partial charge in [0.15, 0.2) is 0 Å². The summed E-state index contributed by atoms with van der Waals surface area (Å²) in [6.07, 6.45) is 1.94. The number of benzene rings is 1. The molecular formula is C14H17NO4. The number of esters is 1. The zero-order chi connectivity index (χ0) is 14.5. The highest BCUT2D eigenvalue weighted by Crippen LogP contribution is 2.26. The van der Waals surface area contributed by atoms with Crippen LogP contribution in [0.5, 0.6) is 0 Å². The highest BCUT2D eigenvalue weighted by Gasteiger charge is 2.31. The number of ether oxygens (including phenoxy) is 1. The second kappa shape index (κ2) is 6.13. The molecule has 0 aliphatic carbocycles. The van der Waals surface area contributed by atoms with Crippen LogP contribution >= 0.6 is 0 Å². The third kappa shape index (κ3) is 3.64. The molecule has 19 heavy (non-hydrogen) atoms. The van der Waals surface area contributed by atoms with E-state index in [9.17, 15) is 14.9 Å². The van der Waals surface area contributed by atoms with Crippen molar-refractivity contribution in [2.75, 3.05) is 6.61 Å². The topological polar surface area (TPSA) is 69.4 Å². The maximum Gasteiger partial charge on any atom is 0.315 e. The molecule has 1 atom stereocenters. The van der Waals surface area contributed by atoms with Crippen LogP contribution in [0.3, 0.4) is 0 Å². The number of nitro benzene ring substituents is 1. The van der Waals surface area contributed by atoms with Gasteiger partial charge in [0, 0.05) is 12.1 Å². The molecule has 0 aliphatic heterocycles. The maximum absolute atomic E-state index is 11.9. The van der Waals surface area contributed by atoms with E-state index < -0.39 is 10.3 Å². The molecule has 0 aliphatic rings. The van der Waals surface area contributed by atoms with E-state index in [4.69, 9.17) is 4.74 Å². The molecule has 0 radical (unpaired) electrons. The Bertz CT molecular complexity index is 481. The zero-order valence-corrected chi connectivity index (χ0v) is 11.1. The van der Waals surface area contributed by atoms with Gasteiger partial charge in [0.2, 0.25) is 0 Å². The average molecular weight is 263 g/mol. The van der Waals surface area contributed by atoms with Gasteiger partial charge in [-0.1, -0.05) is 18.2 Å². The zero-order valence-electron chi connectivity index (χ0n) is 11.1. The fourth-order valence-electron chi connectivity index (χ4n) is 1.68. The van der Waals surface area contributed by atoms with E-state index in [2.05, 4.69) is 6.58 Å². The van der Waals surface area contributed by atoms with Crippen molar-refractivity contribution in [1.82, 2.24) is 0 Å². The molecule has 5 nitrogen and oxygen atoms in total. The second-order valence-electron chi connectivity index (χ2n) is 4.44. The Kier molecular flexibility index (Phi) is 4.80. The Morgan fingerprint density at radius 3 is 2.47 bits per heavy atom. The summed E-state index contributed by atoms with van der Waals surface area (Å²) in [6.45, 7) is 7.46. The number of carbonyl (C=O) groups is 1. The third-order valence-electron chi connectivity index (χ3n) is 2.91. The van der Waals surface area contributed by atoms with Gasteiger partial charge in [-0.15, -0.1) is 6.58 Å². The highest BCUT2D eigenvalue weighted by atomic mass is 16.6. The molecule has 0 aromatic heterocycles. The number of hydrogen-bond donors (Lipinski definition) is 0. The summed E-state index contributed by atoms with van der Waals surface area (Å²) in [7, 11) is 0. The Morgan fingerprint density at radius 1 is 1.47 bits per heavy atom. The summed E-state index contributed by atoms with van der Waals surface area (Å²) in [4.78, 5) is 22.0. The number of nitro groups is 1. The number of carbonyl (C=O) groups excluding carboxylic acids is 1. The van der Waals surface area contributed by atoms with Gasteiger partial charge in [-0.05, 0) is 25.8 Å². The van der Waals surface area contributed by atoms with E-state index in [1.165, 1.54) is 12.1 Å². The summed E-state index contributed by atoms with van der Waals surface area (Å²) < 4.78 is 5.01. The van der Waals surface area contributed by atoms with Gasteiger partial charge in [-0.25, -0.2) is 0 Å². The lowest BCUT2D eigenvalue weighted by Crippen LogP contribution is -2.30. The third-order valence-corrected chi connectivity index (χ3v) is 2.91. The van der Waals surface area contributed by atoms with Crippen molar-refractivity contribution >= 4 is 11.7 Å². The van der Waals surface area contributed by atoms with Crippen LogP contribution in [-0.2, 0) is 16.0 Å². The number of hydrogen-bond acceptors (Lipinski definition) is 4. The van der Waals surface area contributed by atoms with E-state index in [0.717, 1.165) is 5.56 Å². The summed E-state index contributed by atoms with van der Waals surface area (Å²) >= 11 is 0. The van der Waals surface area contributed by atoms with Crippen LogP contribution in [0, 0.1) is 15.5 Å². The van der Waals surface area contributed by atoms with E-state index >= 15 is 0 Å². The molecule has 0 amide bonds. The number of non-ortho nitro benzene ring substituents is 1. The van der Waals surface area contributed by atoms with Crippen LogP contribution in [0.4, 0.5) is 5.69 Å². The smallest absolute Gasteiger partial charge is 0.315 e. The second-order valence-corrected chi connectivity index (χ2v) is 4.44. The summed E-state index contributed by atoms with van der Waals surface area (Å²) in [5.41, 5.74) is 0.0211. The van der Waals surface area contributed by atoms with Crippen molar-refractivity contribution in [2.24, 2.45) is 5.41 Å². The Morgan fingerprint density at radius 2 is 2.05 bits per heavy atom. The minimum absolute atomic E-state index is 0.0280. The molecule has 0 fully saturated rings. The first-order valence-corrected chi connectivity index (χ1v) is 5.97. The fourth-order valence-corrected chi connectivity index (χ4v) is 1.68. The van der Waals surface area contributed by atoms with Crippen LogP contribution in [0.2, 0.25) is 0 Å². The van der Waals surface area contributed by atoms with Crippen molar-refractivity contribution in [2.45, 2.75) is 20.3 Å². The molecule has 1 aromatic rings. The predicted molar refractivity (Wildman–Crippen MR) is 71.7 cm³/mol. The van der Waals surface area contributed by atoms with Crippen molar-refractivity contribution < 1.29 is 14.5 Å². The summed E-state index contributed by atoms with van der Waals surface area (Å²) in [5.74, 6) is -0.344. The van der Waals surface area contributed by atoms with Crippen molar-refractivity contribution in [3.8, 4) is 0 Å². The predicted octanol–water partition coefficient (Wildman–Crippen LogP) is 2.89. The van der Waals surface area contributed by atoms with E-state index in [1.54, 1.807) is 32.1 Å². The van der Waals surface area contributed by atoms with Gasteiger partial charge in [-0.3, -0.25) is 14.9 Å². The molecule has 0 N–H and O–H groups in total. The quantitative estimate of drug-likeness (QED) is 0.342. The fraction of sp³-hybridized carbons (Fsp3) is 0.357. The van der Waals surface area contributed by atoms with Gasteiger partial charge >= 0.3 is 5.97 Å². The first-order chi connectivity index (χ1) is 8.92. The molecule has 0 saturated carbocycles. The lowest BCUT2D eigenvalue weighted by molar-refractivity contribution is -0.384. The molecule has 1 rings (SSSR count). The average Bonchev–Trinajstić information content (AvgIpc) is 2.39. The van der Waals surface area contributed by atoms with E-state index in [0.29, 0.717) is 13.0 Å². The molecule has 0 heterocycles. The molecule has 0 spiro atoms. The molecule has 1 unspecified atom stereocenters. The van der Waals surface area contributed by atoms with E-state index in [-0.39, 0.29) is 11.7 Å². The minimum Gasteiger partial charge on any atom is -0.465 e. The molecule has 102 valence electrons. The Labute approximate surface area is 112 Å². The molecule has 0 bridgehead atoms. The summed E-state index contributed by atoms with van der Waals surface area (Å²) in [6, 6.07) is 6.12. The molecular weight excluding hydrogens is 246 g/mol. The molecule has 0 saturated heterocycles. The monoisotopic (exact) mass is 263 g/mol. The Hall–Kier alpha value is -2.17. The van der Waals surface area contributed by atoms with Crippen LogP contribution in [-0.4, -0.2) is 17.5 Å². The van der Waals surface area contributed by atoms with Gasteiger partial charge in [0.25, 0.3) is 5.69 Å². The lowest BCUT2D eigenvalue weighted by atomic mass is 9.84. The van der Waals surface area contributed by atoms with Gasteiger partial charge in [-0.2, -0.15) is 0 Å². The molecule has 5 heteroatoms. The van der Waals surface area contributed by atoms with Crippen molar-refractivity contribution in [1.29, 1.82) is 0 Å². The van der Waals surface area contributed by atoms with Crippen molar-refractivity contribution in [3.63, 3.8) is 0 Å². The van der Waals surface area contributed by atoms with Gasteiger partial charge in [0.05, 0.1) is 16.9 Å².